The molecule has 5 aromatic rings. The van der Waals surface area contributed by atoms with Crippen molar-refractivity contribution in [3.63, 3.8) is 0 Å². The molecule has 2 unspecified atom stereocenters. The minimum atomic E-state index is -4.72. The molecule has 0 saturated carbocycles. The SMILES string of the molecule is Cc1cc2c(-c3ccc(C(F)(F)F)cc3F)nc(N3CC(C)OC(c4ccc(OCc5ccccc5)nc4)C3)nc2c(=O)n1C.[B].[In]. The third-order valence-corrected chi connectivity index (χ3v) is 7.78. The zero-order chi connectivity index (χ0) is 31.9. The van der Waals surface area contributed by atoms with Gasteiger partial charge in [0, 0.05) is 82.3 Å². The molecule has 0 amide bonds. The monoisotopic (exact) mass is 745 g/mol. The Morgan fingerprint density at radius 2 is 1.77 bits per heavy atom. The number of nitrogens with zero attached hydrogens (tertiary/aromatic N) is 5. The van der Waals surface area contributed by atoms with Gasteiger partial charge in [0.2, 0.25) is 11.8 Å². The van der Waals surface area contributed by atoms with Crippen LogP contribution in [0.15, 0.2) is 77.7 Å². The van der Waals surface area contributed by atoms with Gasteiger partial charge in [-0.15, -0.1) is 0 Å². The van der Waals surface area contributed by atoms with Gasteiger partial charge in [-0.25, -0.2) is 19.3 Å². The first-order valence-corrected chi connectivity index (χ1v) is 14.3. The van der Waals surface area contributed by atoms with Crippen molar-refractivity contribution in [1.29, 1.82) is 0 Å². The minimum Gasteiger partial charge on any atom is -0.473 e. The number of rotatable bonds is 6. The van der Waals surface area contributed by atoms with Crippen LogP contribution in [0.25, 0.3) is 22.2 Å². The summed E-state index contributed by atoms with van der Waals surface area (Å²) < 4.78 is 68.6. The van der Waals surface area contributed by atoms with Crippen LogP contribution in [0.4, 0.5) is 23.5 Å². The van der Waals surface area contributed by atoms with Crippen LogP contribution in [0.5, 0.6) is 5.88 Å². The average Bonchev–Trinajstić information content (AvgIpc) is 3.02. The number of aromatic nitrogens is 4. The Morgan fingerprint density at radius 1 is 1.02 bits per heavy atom. The maximum Gasteiger partial charge on any atom is 0.416 e. The van der Waals surface area contributed by atoms with E-state index >= 15 is 4.39 Å². The molecule has 8 nitrogen and oxygen atoms in total. The fraction of sp³-hybridized carbons (Fsp3) is 0.273. The molecule has 1 fully saturated rings. The van der Waals surface area contributed by atoms with Crippen LogP contribution in [0.3, 0.4) is 0 Å². The number of anilines is 1. The normalized spacial score (nSPS) is 16.4. The molecular formula is C33H29BF4InN5O3. The molecule has 2 atom stereocenters. The van der Waals surface area contributed by atoms with Crippen LogP contribution in [0.2, 0.25) is 0 Å². The molecule has 0 aliphatic carbocycles. The second kappa shape index (κ2) is 14.5. The number of ether oxygens (including phenoxy) is 2. The van der Waals surface area contributed by atoms with Gasteiger partial charge in [0.15, 0.2) is 0 Å². The molecule has 6 radical (unpaired) electrons. The van der Waals surface area contributed by atoms with E-state index in [4.69, 9.17) is 9.47 Å². The Balaban J connectivity index is 0.00000250. The van der Waals surface area contributed by atoms with Crippen molar-refractivity contribution in [2.24, 2.45) is 7.05 Å². The van der Waals surface area contributed by atoms with Crippen molar-refractivity contribution < 1.29 is 27.0 Å². The molecule has 1 aliphatic rings. The van der Waals surface area contributed by atoms with Gasteiger partial charge >= 0.3 is 6.18 Å². The number of fused-ring (bicyclic) bond motifs is 1. The Labute approximate surface area is 289 Å². The molecule has 3 aromatic heterocycles. The molecule has 2 aromatic carbocycles. The van der Waals surface area contributed by atoms with Gasteiger partial charge < -0.3 is 18.9 Å². The zero-order valence-corrected chi connectivity index (χ0v) is 29.1. The number of pyridine rings is 2. The second-order valence-corrected chi connectivity index (χ2v) is 11.0. The number of halogens is 4. The predicted molar refractivity (Wildman–Crippen MR) is 172 cm³/mol. The van der Waals surface area contributed by atoms with Crippen LogP contribution in [-0.4, -0.2) is 73.0 Å². The third kappa shape index (κ3) is 7.64. The smallest absolute Gasteiger partial charge is 0.416 e. The van der Waals surface area contributed by atoms with Crippen molar-refractivity contribution in [2.45, 2.75) is 38.8 Å². The molecule has 14 heteroatoms. The fourth-order valence-electron chi connectivity index (χ4n) is 5.31. The van der Waals surface area contributed by atoms with Crippen molar-refractivity contribution in [1.82, 2.24) is 19.5 Å². The predicted octanol–water partition coefficient (Wildman–Crippen LogP) is 5.64. The molecule has 238 valence electrons. The molecular weight excluding hydrogens is 716 g/mol. The van der Waals surface area contributed by atoms with Gasteiger partial charge in [0.05, 0.1) is 23.9 Å². The van der Waals surface area contributed by atoms with E-state index in [9.17, 15) is 18.0 Å². The maximum atomic E-state index is 15.3. The van der Waals surface area contributed by atoms with Crippen LogP contribution < -0.4 is 15.2 Å². The van der Waals surface area contributed by atoms with Crippen LogP contribution in [0, 0.1) is 12.7 Å². The van der Waals surface area contributed by atoms with Gasteiger partial charge in [-0.3, -0.25) is 4.79 Å². The molecule has 0 N–H and O–H groups in total. The second-order valence-electron chi connectivity index (χ2n) is 11.0. The van der Waals surface area contributed by atoms with Crippen molar-refractivity contribution >= 4 is 51.1 Å². The molecule has 1 saturated heterocycles. The van der Waals surface area contributed by atoms with Crippen molar-refractivity contribution in [3.05, 3.63) is 111 Å². The van der Waals surface area contributed by atoms with E-state index in [0.29, 0.717) is 30.8 Å². The van der Waals surface area contributed by atoms with E-state index in [1.165, 1.54) is 4.57 Å². The summed E-state index contributed by atoms with van der Waals surface area (Å²) in [5.41, 5.74) is 0.677. The average molecular weight is 745 g/mol. The zero-order valence-electron chi connectivity index (χ0n) is 25.8. The minimum absolute atomic E-state index is 0. The van der Waals surface area contributed by atoms with Gasteiger partial charge in [-0.05, 0) is 49.7 Å². The number of morpholine rings is 1. The van der Waals surface area contributed by atoms with Crippen LogP contribution >= 0.6 is 0 Å². The Bertz CT molecular complexity index is 1930. The van der Waals surface area contributed by atoms with E-state index in [0.717, 1.165) is 23.3 Å². The summed E-state index contributed by atoms with van der Waals surface area (Å²) in [6, 6.07) is 17.2. The van der Waals surface area contributed by atoms with Crippen LogP contribution in [-0.2, 0) is 24.6 Å². The van der Waals surface area contributed by atoms with Gasteiger partial charge in [0.25, 0.3) is 5.56 Å². The van der Waals surface area contributed by atoms with Gasteiger partial charge in [-0.1, -0.05) is 30.3 Å². The fourth-order valence-corrected chi connectivity index (χ4v) is 5.31. The molecule has 4 heterocycles. The first-order valence-electron chi connectivity index (χ1n) is 14.3. The summed E-state index contributed by atoms with van der Waals surface area (Å²) >= 11 is 0. The number of hydrogen-bond donors (Lipinski definition) is 0. The standard InChI is InChI=1S/C33H29F4N5O3.B.In/c1-19-13-25-29(24-11-10-23(14-26(24)34)33(35,36)37)39-32(40-30(25)31(43)41(19)3)42-16-20(2)45-27(17-42)22-9-12-28(38-15-22)44-18-21-7-5-4-6-8-21;;/h4-15,20,27H,16-18H2,1-3H3;;. The summed E-state index contributed by atoms with van der Waals surface area (Å²) in [7, 11) is 1.59. The topological polar surface area (TPSA) is 82.4 Å². The summed E-state index contributed by atoms with van der Waals surface area (Å²) in [5.74, 6) is -0.521. The van der Waals surface area contributed by atoms with Crippen molar-refractivity contribution in [2.75, 3.05) is 18.0 Å². The maximum absolute atomic E-state index is 15.3. The van der Waals surface area contributed by atoms with E-state index in [2.05, 4.69) is 15.0 Å². The molecule has 0 bridgehead atoms. The molecule has 47 heavy (non-hydrogen) atoms. The number of benzene rings is 2. The number of hydrogen-bond acceptors (Lipinski definition) is 7. The van der Waals surface area contributed by atoms with E-state index < -0.39 is 29.2 Å². The number of alkyl halides is 3. The molecule has 1 aliphatic heterocycles. The van der Waals surface area contributed by atoms with Crippen molar-refractivity contribution in [3.8, 4) is 17.1 Å². The van der Waals surface area contributed by atoms with Gasteiger partial charge in [0.1, 0.15) is 24.0 Å². The number of aryl methyl sites for hydroxylation is 1. The van der Waals surface area contributed by atoms with Crippen LogP contribution in [0.1, 0.15) is 35.4 Å². The van der Waals surface area contributed by atoms with E-state index in [-0.39, 0.29) is 75.0 Å². The summed E-state index contributed by atoms with van der Waals surface area (Å²) in [5, 5.41) is 0.242. The summed E-state index contributed by atoms with van der Waals surface area (Å²) in [6.45, 7) is 4.58. The van der Waals surface area contributed by atoms with E-state index in [1.54, 1.807) is 32.3 Å². The summed E-state index contributed by atoms with van der Waals surface area (Å²) in [4.78, 5) is 28.8. The summed E-state index contributed by atoms with van der Waals surface area (Å²) in [6.07, 6.45) is -3.78. The third-order valence-electron chi connectivity index (χ3n) is 7.78. The molecule has 6 rings (SSSR count). The first-order chi connectivity index (χ1) is 21.5. The van der Waals surface area contributed by atoms with E-state index in [1.807, 2.05) is 48.2 Å². The Morgan fingerprint density at radius 3 is 2.43 bits per heavy atom. The largest absolute Gasteiger partial charge is 0.473 e. The first kappa shape index (κ1) is 35.9. The molecule has 0 spiro atoms. The Hall–Kier alpha value is -3.90. The quantitative estimate of drug-likeness (QED) is 0.165. The van der Waals surface area contributed by atoms with Gasteiger partial charge in [-0.2, -0.15) is 13.2 Å². The Kier molecular flexibility index (Phi) is 11.1.